The molecular formula is C22H31O3P. The largest absolute Gasteiger partial charge is 0.463 e. The van der Waals surface area contributed by atoms with Gasteiger partial charge in [-0.2, -0.15) is 0 Å². The van der Waals surface area contributed by atoms with Crippen molar-refractivity contribution in [2.45, 2.75) is 53.4 Å². The summed E-state index contributed by atoms with van der Waals surface area (Å²) in [5.74, 6) is 2.17. The highest BCUT2D eigenvalue weighted by molar-refractivity contribution is 7.42. The molecule has 0 aliphatic carbocycles. The van der Waals surface area contributed by atoms with Gasteiger partial charge in [0.2, 0.25) is 0 Å². The smallest absolute Gasteiger partial charge is 0.417 e. The number of unbranched alkanes of at least 4 members (excludes halogenated alkanes) is 1. The Morgan fingerprint density at radius 2 is 1.38 bits per heavy atom. The van der Waals surface area contributed by atoms with Crippen LogP contribution in [0, 0.1) is 19.8 Å². The number of rotatable bonds is 11. The Balaban J connectivity index is 2.07. The lowest BCUT2D eigenvalue weighted by Gasteiger charge is -2.22. The Morgan fingerprint density at radius 1 is 0.846 bits per heavy atom. The van der Waals surface area contributed by atoms with Crippen LogP contribution in [0.3, 0.4) is 0 Å². The zero-order valence-electron chi connectivity index (χ0n) is 16.4. The molecule has 0 aliphatic heterocycles. The van der Waals surface area contributed by atoms with E-state index in [1.165, 1.54) is 19.3 Å². The molecule has 0 spiro atoms. The molecule has 0 N–H and O–H groups in total. The van der Waals surface area contributed by atoms with Gasteiger partial charge in [0, 0.05) is 0 Å². The Hall–Kier alpha value is -1.57. The third-order valence-corrected chi connectivity index (χ3v) is 5.54. The first-order chi connectivity index (χ1) is 12.6. The second-order valence-corrected chi connectivity index (χ2v) is 7.72. The summed E-state index contributed by atoms with van der Waals surface area (Å²) in [6.07, 6.45) is 4.74. The van der Waals surface area contributed by atoms with E-state index in [1.807, 2.05) is 62.4 Å². The molecule has 0 amide bonds. The van der Waals surface area contributed by atoms with E-state index < -0.39 is 8.60 Å². The topological polar surface area (TPSA) is 27.7 Å². The van der Waals surface area contributed by atoms with Gasteiger partial charge in [-0.1, -0.05) is 69.5 Å². The molecule has 4 heteroatoms. The molecule has 142 valence electrons. The highest BCUT2D eigenvalue weighted by Crippen LogP contribution is 2.43. The van der Waals surface area contributed by atoms with Gasteiger partial charge in [-0.3, -0.25) is 4.52 Å². The molecule has 2 aromatic rings. The molecule has 2 rings (SSSR count). The summed E-state index contributed by atoms with van der Waals surface area (Å²) in [6.45, 7) is 9.18. The average molecular weight is 374 g/mol. The maximum absolute atomic E-state index is 6.13. The highest BCUT2D eigenvalue weighted by atomic mass is 31.2. The molecular weight excluding hydrogens is 343 g/mol. The maximum atomic E-state index is 6.13. The summed E-state index contributed by atoms with van der Waals surface area (Å²) >= 11 is 0. The number of benzene rings is 2. The van der Waals surface area contributed by atoms with Crippen LogP contribution in [-0.4, -0.2) is 6.61 Å². The van der Waals surface area contributed by atoms with Gasteiger partial charge in [-0.15, -0.1) is 0 Å². The van der Waals surface area contributed by atoms with Gasteiger partial charge in [0.1, 0.15) is 11.5 Å². The number of para-hydroxylation sites is 2. The predicted molar refractivity (Wildman–Crippen MR) is 110 cm³/mol. The first-order valence-corrected chi connectivity index (χ1v) is 10.6. The zero-order valence-corrected chi connectivity index (χ0v) is 17.3. The lowest BCUT2D eigenvalue weighted by atomic mass is 10.0. The summed E-state index contributed by atoms with van der Waals surface area (Å²) in [5, 5.41) is 0. The third kappa shape index (κ3) is 6.63. The van der Waals surface area contributed by atoms with Crippen LogP contribution in [-0.2, 0) is 4.52 Å². The molecule has 0 fully saturated rings. The van der Waals surface area contributed by atoms with Crippen LogP contribution in [0.2, 0.25) is 0 Å². The minimum atomic E-state index is -1.50. The van der Waals surface area contributed by atoms with Gasteiger partial charge in [0.25, 0.3) is 0 Å². The number of hydrogen-bond acceptors (Lipinski definition) is 3. The van der Waals surface area contributed by atoms with Crippen LogP contribution in [0.5, 0.6) is 11.5 Å². The van der Waals surface area contributed by atoms with Gasteiger partial charge in [0.15, 0.2) is 0 Å². The van der Waals surface area contributed by atoms with Gasteiger partial charge in [0.05, 0.1) is 6.61 Å². The highest BCUT2D eigenvalue weighted by Gasteiger charge is 2.21. The fourth-order valence-corrected chi connectivity index (χ4v) is 3.82. The van der Waals surface area contributed by atoms with E-state index in [4.69, 9.17) is 13.6 Å². The van der Waals surface area contributed by atoms with Crippen molar-refractivity contribution in [3.63, 3.8) is 0 Å². The Morgan fingerprint density at radius 3 is 1.85 bits per heavy atom. The summed E-state index contributed by atoms with van der Waals surface area (Å²) in [7, 11) is -1.50. The molecule has 0 heterocycles. The van der Waals surface area contributed by atoms with Crippen molar-refractivity contribution in [1.29, 1.82) is 0 Å². The van der Waals surface area contributed by atoms with Crippen LogP contribution < -0.4 is 9.05 Å². The fraction of sp³-hybridized carbons (Fsp3) is 0.455. The van der Waals surface area contributed by atoms with E-state index in [0.29, 0.717) is 12.5 Å². The minimum absolute atomic E-state index is 0.542. The first kappa shape index (κ1) is 20.7. The van der Waals surface area contributed by atoms with Crippen molar-refractivity contribution in [3.05, 3.63) is 59.7 Å². The lowest BCUT2D eigenvalue weighted by molar-refractivity contribution is 0.207. The molecule has 2 aromatic carbocycles. The van der Waals surface area contributed by atoms with Crippen molar-refractivity contribution in [1.82, 2.24) is 0 Å². The maximum Gasteiger partial charge on any atom is 0.463 e. The van der Waals surface area contributed by atoms with E-state index >= 15 is 0 Å². The molecule has 0 bridgehead atoms. The molecule has 0 aliphatic rings. The fourth-order valence-electron chi connectivity index (χ4n) is 2.61. The summed E-state index contributed by atoms with van der Waals surface area (Å²) in [6, 6.07) is 15.9. The number of hydrogen-bond donors (Lipinski definition) is 0. The van der Waals surface area contributed by atoms with Gasteiger partial charge in [-0.25, -0.2) is 0 Å². The average Bonchev–Trinajstić information content (AvgIpc) is 2.65. The molecule has 0 radical (unpaired) electrons. The SMILES string of the molecule is CCCCC(CC)COP(Oc1ccccc1C)Oc1ccccc1C. The molecule has 26 heavy (non-hydrogen) atoms. The van der Waals surface area contributed by atoms with E-state index in [2.05, 4.69) is 13.8 Å². The monoisotopic (exact) mass is 374 g/mol. The van der Waals surface area contributed by atoms with E-state index in [1.54, 1.807) is 0 Å². The molecule has 3 nitrogen and oxygen atoms in total. The Bertz CT molecular complexity index is 612. The Labute approximate surface area is 159 Å². The van der Waals surface area contributed by atoms with E-state index in [9.17, 15) is 0 Å². The van der Waals surface area contributed by atoms with E-state index in [0.717, 1.165) is 29.0 Å². The molecule has 1 unspecified atom stereocenters. The quantitative estimate of drug-likeness (QED) is 0.389. The molecule has 0 aromatic heterocycles. The third-order valence-electron chi connectivity index (χ3n) is 4.49. The lowest BCUT2D eigenvalue weighted by Crippen LogP contribution is -2.10. The van der Waals surface area contributed by atoms with Gasteiger partial charge >= 0.3 is 8.60 Å². The molecule has 0 saturated heterocycles. The van der Waals surface area contributed by atoms with Crippen molar-refractivity contribution in [3.8, 4) is 11.5 Å². The van der Waals surface area contributed by atoms with Gasteiger partial charge < -0.3 is 9.05 Å². The van der Waals surface area contributed by atoms with Gasteiger partial charge in [-0.05, 0) is 49.4 Å². The van der Waals surface area contributed by atoms with Crippen LogP contribution in [0.1, 0.15) is 50.7 Å². The number of aryl methyl sites for hydroxylation is 2. The summed E-state index contributed by atoms with van der Waals surface area (Å²) in [4.78, 5) is 0. The standard InChI is InChI=1S/C22H31O3P/c1-5-7-14-20(6-2)17-23-26(24-21-15-10-8-12-18(21)3)25-22-16-11-9-13-19(22)4/h8-13,15-16,20H,5-7,14,17H2,1-4H3. The van der Waals surface area contributed by atoms with E-state index in [-0.39, 0.29) is 0 Å². The zero-order chi connectivity index (χ0) is 18.8. The second kappa shape index (κ2) is 11.2. The van der Waals surface area contributed by atoms with Crippen molar-refractivity contribution >= 4 is 8.60 Å². The molecule has 0 saturated carbocycles. The normalized spacial score (nSPS) is 12.2. The van der Waals surface area contributed by atoms with Crippen molar-refractivity contribution < 1.29 is 13.6 Å². The Kier molecular flexibility index (Phi) is 8.94. The van der Waals surface area contributed by atoms with Crippen LogP contribution in [0.25, 0.3) is 0 Å². The van der Waals surface area contributed by atoms with Crippen LogP contribution in [0.4, 0.5) is 0 Å². The predicted octanol–water partition coefficient (Wildman–Crippen LogP) is 7.22. The minimum Gasteiger partial charge on any atom is -0.417 e. The second-order valence-electron chi connectivity index (χ2n) is 6.65. The van der Waals surface area contributed by atoms with Crippen molar-refractivity contribution in [2.24, 2.45) is 5.92 Å². The van der Waals surface area contributed by atoms with Crippen LogP contribution in [0.15, 0.2) is 48.5 Å². The first-order valence-electron chi connectivity index (χ1n) is 9.54. The van der Waals surface area contributed by atoms with Crippen LogP contribution >= 0.6 is 8.60 Å². The van der Waals surface area contributed by atoms with Crippen molar-refractivity contribution in [2.75, 3.05) is 6.61 Å². The summed E-state index contributed by atoms with van der Waals surface area (Å²) < 4.78 is 18.4. The molecule has 1 atom stereocenters. The summed E-state index contributed by atoms with van der Waals surface area (Å²) in [5.41, 5.74) is 2.16.